The molecule has 0 fully saturated rings. The van der Waals surface area contributed by atoms with Gasteiger partial charge >= 0.3 is 18.0 Å². The molecule has 0 unspecified atom stereocenters. The van der Waals surface area contributed by atoms with Gasteiger partial charge in [-0.2, -0.15) is 0 Å². The Morgan fingerprint density at radius 1 is 1.22 bits per heavy atom. The molecule has 0 heterocycles. The van der Waals surface area contributed by atoms with E-state index in [1.54, 1.807) is 32.5 Å². The zero-order chi connectivity index (χ0) is 20.4. The highest BCUT2D eigenvalue weighted by Crippen LogP contribution is 2.18. The number of aliphatic carboxylic acids is 1. The minimum Gasteiger partial charge on any atom is -0.481 e. The van der Waals surface area contributed by atoms with Crippen LogP contribution in [0.4, 0.5) is 4.79 Å². The van der Waals surface area contributed by atoms with Crippen LogP contribution in [0.2, 0.25) is 0 Å². The van der Waals surface area contributed by atoms with Crippen LogP contribution in [0.1, 0.15) is 32.8 Å². The molecule has 1 amide bonds. The summed E-state index contributed by atoms with van der Waals surface area (Å²) in [6.45, 7) is 5.05. The van der Waals surface area contributed by atoms with E-state index in [2.05, 4.69) is 5.32 Å². The minimum atomic E-state index is -1.01. The number of rotatable bonds is 10. The number of amides is 1. The lowest BCUT2D eigenvalue weighted by atomic mass is 9.99. The van der Waals surface area contributed by atoms with Gasteiger partial charge in [0, 0.05) is 23.8 Å². The van der Waals surface area contributed by atoms with Crippen LogP contribution in [0, 0.1) is 11.8 Å². The van der Waals surface area contributed by atoms with Gasteiger partial charge in [-0.25, -0.2) is 4.79 Å². The van der Waals surface area contributed by atoms with E-state index in [4.69, 9.17) is 9.47 Å². The maximum atomic E-state index is 12.0. The molecule has 0 saturated carbocycles. The van der Waals surface area contributed by atoms with Crippen LogP contribution in [0.25, 0.3) is 0 Å². The molecule has 0 aliphatic rings. The van der Waals surface area contributed by atoms with Crippen LogP contribution < -0.4 is 5.32 Å². The molecular formula is C19H27NO6S. The molecule has 0 spiro atoms. The normalized spacial score (nSPS) is 12.9. The fraction of sp³-hybridized carbons (Fsp3) is 0.526. The first-order valence-electron chi connectivity index (χ1n) is 8.76. The van der Waals surface area contributed by atoms with Crippen LogP contribution in [0.15, 0.2) is 29.2 Å². The topological polar surface area (TPSA) is 102 Å². The lowest BCUT2D eigenvalue weighted by Crippen LogP contribution is -2.38. The largest absolute Gasteiger partial charge is 0.481 e. The van der Waals surface area contributed by atoms with Crippen LogP contribution in [0.5, 0.6) is 0 Å². The highest BCUT2D eigenvalue weighted by atomic mass is 32.2. The van der Waals surface area contributed by atoms with Crippen LogP contribution in [-0.2, 0) is 25.5 Å². The zero-order valence-electron chi connectivity index (χ0n) is 16.1. The molecule has 0 aromatic heterocycles. The maximum absolute atomic E-state index is 12.0. The molecule has 0 radical (unpaired) electrons. The summed E-state index contributed by atoms with van der Waals surface area (Å²) in [4.78, 5) is 36.0. The number of carboxylic acids is 1. The number of thioether (sulfide) groups is 1. The molecule has 8 heteroatoms. The molecule has 2 N–H and O–H groups in total. The molecule has 150 valence electrons. The lowest BCUT2D eigenvalue weighted by molar-refractivity contribution is -0.174. The van der Waals surface area contributed by atoms with Gasteiger partial charge in [-0.1, -0.05) is 32.9 Å². The summed E-state index contributed by atoms with van der Waals surface area (Å²) in [5, 5.41) is 11.9. The molecule has 1 aromatic rings. The summed E-state index contributed by atoms with van der Waals surface area (Å²) in [7, 11) is 0. The van der Waals surface area contributed by atoms with Crippen molar-refractivity contribution in [2.45, 2.75) is 44.8 Å². The van der Waals surface area contributed by atoms with E-state index in [9.17, 15) is 19.5 Å². The Balaban J connectivity index is 2.63. The molecule has 7 nitrogen and oxygen atoms in total. The monoisotopic (exact) mass is 397 g/mol. The molecule has 1 aromatic carbocycles. The third-order valence-electron chi connectivity index (χ3n) is 3.76. The number of esters is 1. The second-order valence-electron chi connectivity index (χ2n) is 6.33. The Morgan fingerprint density at radius 2 is 1.93 bits per heavy atom. The zero-order valence-corrected chi connectivity index (χ0v) is 16.9. The Bertz CT molecular complexity index is 649. The number of hydrogen-bond acceptors (Lipinski definition) is 6. The third kappa shape index (κ3) is 8.34. The van der Waals surface area contributed by atoms with Gasteiger partial charge < -0.3 is 19.9 Å². The predicted molar refractivity (Wildman–Crippen MR) is 103 cm³/mol. The summed E-state index contributed by atoms with van der Waals surface area (Å²) in [6.07, 6.45) is 0.565. The SMILES string of the molecule is CCC(=O)O[C@H](OC(=O)NC[C@H](Cc1cccc(SC)c1)C(=O)O)C(C)C. The first kappa shape index (κ1) is 22.8. The van der Waals surface area contributed by atoms with E-state index >= 15 is 0 Å². The Morgan fingerprint density at radius 3 is 2.48 bits per heavy atom. The van der Waals surface area contributed by atoms with Crippen molar-refractivity contribution in [2.75, 3.05) is 12.8 Å². The average Bonchev–Trinajstić information content (AvgIpc) is 2.64. The quantitative estimate of drug-likeness (QED) is 0.355. The van der Waals surface area contributed by atoms with Gasteiger partial charge in [-0.15, -0.1) is 11.8 Å². The molecular weight excluding hydrogens is 370 g/mol. The van der Waals surface area contributed by atoms with E-state index in [1.165, 1.54) is 0 Å². The minimum absolute atomic E-state index is 0.0931. The molecule has 0 aliphatic carbocycles. The van der Waals surface area contributed by atoms with Crippen molar-refractivity contribution < 1.29 is 29.0 Å². The number of carboxylic acid groups (broad SMARTS) is 1. The molecule has 2 atom stereocenters. The maximum Gasteiger partial charge on any atom is 0.410 e. The second-order valence-corrected chi connectivity index (χ2v) is 7.21. The van der Waals surface area contributed by atoms with E-state index < -0.39 is 30.2 Å². The van der Waals surface area contributed by atoms with Crippen LogP contribution in [-0.4, -0.2) is 42.2 Å². The van der Waals surface area contributed by atoms with E-state index in [-0.39, 0.29) is 25.3 Å². The molecule has 0 bridgehead atoms. The van der Waals surface area contributed by atoms with Crippen molar-refractivity contribution in [2.24, 2.45) is 11.8 Å². The highest BCUT2D eigenvalue weighted by molar-refractivity contribution is 7.98. The number of nitrogens with one attached hydrogen (secondary N) is 1. The third-order valence-corrected chi connectivity index (χ3v) is 4.49. The van der Waals surface area contributed by atoms with Gasteiger partial charge in [0.1, 0.15) is 0 Å². The molecule has 0 aliphatic heterocycles. The van der Waals surface area contributed by atoms with Gasteiger partial charge in [-0.3, -0.25) is 9.59 Å². The Hall–Kier alpha value is -2.22. The fourth-order valence-electron chi connectivity index (χ4n) is 2.19. The highest BCUT2D eigenvalue weighted by Gasteiger charge is 2.24. The fourth-order valence-corrected chi connectivity index (χ4v) is 2.68. The lowest BCUT2D eigenvalue weighted by Gasteiger charge is -2.22. The van der Waals surface area contributed by atoms with Crippen molar-refractivity contribution in [1.82, 2.24) is 5.32 Å². The summed E-state index contributed by atoms with van der Waals surface area (Å²) >= 11 is 1.57. The number of alkyl carbamates (subject to hydrolysis) is 1. The smallest absolute Gasteiger partial charge is 0.410 e. The standard InChI is InChI=1S/C19H27NO6S/c1-5-16(21)25-18(12(2)3)26-19(24)20-11-14(17(22)23)9-13-7-6-8-15(10-13)27-4/h6-8,10,12,14,18H,5,9,11H2,1-4H3,(H,20,24)(H,22,23)/t14-,18+/m0/s1. The Labute approximate surface area is 163 Å². The van der Waals surface area contributed by atoms with Gasteiger partial charge in [0.15, 0.2) is 0 Å². The number of carbonyl (C=O) groups is 3. The summed E-state index contributed by atoms with van der Waals surface area (Å²) in [5.41, 5.74) is 0.876. The number of hydrogen-bond donors (Lipinski definition) is 2. The molecule has 0 saturated heterocycles. The van der Waals surface area contributed by atoms with Crippen molar-refractivity contribution >= 4 is 29.8 Å². The van der Waals surface area contributed by atoms with Crippen molar-refractivity contribution in [3.63, 3.8) is 0 Å². The summed E-state index contributed by atoms with van der Waals surface area (Å²) < 4.78 is 10.2. The second kappa shape index (κ2) is 11.5. The van der Waals surface area contributed by atoms with Crippen molar-refractivity contribution in [3.8, 4) is 0 Å². The summed E-state index contributed by atoms with van der Waals surface area (Å²) in [6, 6.07) is 7.60. The van der Waals surface area contributed by atoms with Crippen molar-refractivity contribution in [3.05, 3.63) is 29.8 Å². The molecule has 1 rings (SSSR count). The van der Waals surface area contributed by atoms with Crippen molar-refractivity contribution in [1.29, 1.82) is 0 Å². The van der Waals surface area contributed by atoms with Gasteiger partial charge in [0.25, 0.3) is 6.29 Å². The van der Waals surface area contributed by atoms with Gasteiger partial charge in [-0.05, 0) is 30.4 Å². The first-order chi connectivity index (χ1) is 12.8. The van der Waals surface area contributed by atoms with E-state index in [0.717, 1.165) is 10.5 Å². The molecule has 27 heavy (non-hydrogen) atoms. The number of carbonyl (C=O) groups excluding carboxylic acids is 2. The van der Waals surface area contributed by atoms with Gasteiger partial charge in [0.2, 0.25) is 0 Å². The average molecular weight is 397 g/mol. The van der Waals surface area contributed by atoms with Crippen LogP contribution in [0.3, 0.4) is 0 Å². The number of benzene rings is 1. The predicted octanol–water partition coefficient (Wildman–Crippen LogP) is 3.31. The van der Waals surface area contributed by atoms with E-state index in [0.29, 0.717) is 0 Å². The van der Waals surface area contributed by atoms with E-state index in [1.807, 2.05) is 30.5 Å². The summed E-state index contributed by atoms with van der Waals surface area (Å²) in [5.74, 6) is -2.51. The number of ether oxygens (including phenoxy) is 2. The van der Waals surface area contributed by atoms with Crippen LogP contribution >= 0.6 is 11.8 Å². The van der Waals surface area contributed by atoms with Gasteiger partial charge in [0.05, 0.1) is 5.92 Å². The first-order valence-corrected chi connectivity index (χ1v) is 9.99. The Kier molecular flexibility index (Phi) is 9.71.